The quantitative estimate of drug-likeness (QED) is 0.153. The van der Waals surface area contributed by atoms with Crippen molar-refractivity contribution in [2.45, 2.75) is 96.3 Å². The molecule has 2 saturated carbocycles. The Morgan fingerprint density at radius 2 is 1.24 bits per heavy atom. The van der Waals surface area contributed by atoms with E-state index < -0.39 is 13.5 Å². The first kappa shape index (κ1) is 32.7. The first-order valence-corrected chi connectivity index (χ1v) is 21.2. The van der Waals surface area contributed by atoms with Crippen LogP contribution >= 0.6 is 28.6 Å². The van der Waals surface area contributed by atoms with Crippen molar-refractivity contribution in [3.8, 4) is 0 Å². The van der Waals surface area contributed by atoms with Crippen LogP contribution in [-0.2, 0) is 13.5 Å². The molecule has 1 aliphatic heterocycles. The molecule has 3 atom stereocenters. The SMILES string of the molecule is Cc1cc(C)c(N2[CH-]N(c3ccccc3)C3CCCCC32)c(C)c1.PC1CCCCC1.[Cl][Ru]([Cl])=[CH]c1ccccc1. The van der Waals surface area contributed by atoms with E-state index in [1.54, 1.807) is 0 Å². The summed E-state index contributed by atoms with van der Waals surface area (Å²) in [6.07, 6.45) is 12.6. The molecule has 3 aliphatic rings. The van der Waals surface area contributed by atoms with E-state index in [9.17, 15) is 0 Å². The van der Waals surface area contributed by atoms with Gasteiger partial charge in [0, 0.05) is 23.5 Å². The van der Waals surface area contributed by atoms with Gasteiger partial charge in [-0.25, -0.2) is 0 Å². The zero-order valence-corrected chi connectivity index (χ0v) is 29.2. The van der Waals surface area contributed by atoms with Crippen molar-refractivity contribution in [1.29, 1.82) is 0 Å². The van der Waals surface area contributed by atoms with Gasteiger partial charge in [-0.3, -0.25) is 0 Å². The van der Waals surface area contributed by atoms with Crippen molar-refractivity contribution >= 4 is 44.6 Å². The summed E-state index contributed by atoms with van der Waals surface area (Å²) in [6, 6.07) is 26.6. The van der Waals surface area contributed by atoms with Crippen LogP contribution < -0.4 is 9.80 Å². The molecule has 2 aliphatic carbocycles. The Labute approximate surface area is 264 Å². The summed E-state index contributed by atoms with van der Waals surface area (Å²) < 4.78 is 1.92. The normalized spacial score (nSPS) is 20.7. The van der Waals surface area contributed by atoms with Crippen LogP contribution in [0.2, 0.25) is 0 Å². The van der Waals surface area contributed by atoms with Gasteiger partial charge >= 0.3 is 73.4 Å². The first-order chi connectivity index (χ1) is 19.8. The summed E-state index contributed by atoms with van der Waals surface area (Å²) in [5, 5.41) is 0. The second-order valence-corrected chi connectivity index (χ2v) is 18.2. The van der Waals surface area contributed by atoms with E-state index in [2.05, 4.69) is 88.9 Å². The first-order valence-electron chi connectivity index (χ1n) is 15.0. The number of rotatable bonds is 3. The van der Waals surface area contributed by atoms with Gasteiger partial charge in [-0.05, 0) is 75.4 Å². The summed E-state index contributed by atoms with van der Waals surface area (Å²) >= 11 is -1.61. The standard InChI is InChI=1S/C22H27N2.C7H6.C6H13P.2ClH.Ru/c1-16-13-17(2)22(18(3)14-16)24-15-23(19-9-5-4-6-10-19)20-11-7-8-12-21(20)24;1-7-5-3-2-4-6-7;7-6-4-2-1-3-5-6;;;/h4-6,9-10,13-15,20-21H,7-8,11-12H2,1-3H3;1-6H;6H,1-5,7H2;2*1H;/q-1;;;;;+2/p-2. The number of para-hydroxylation sites is 1. The van der Waals surface area contributed by atoms with E-state index in [0.29, 0.717) is 12.1 Å². The molecule has 41 heavy (non-hydrogen) atoms. The molecule has 0 amide bonds. The number of fused-ring (bicyclic) bond motifs is 1. The Hall–Kier alpha value is -1.24. The Bertz CT molecular complexity index is 1220. The summed E-state index contributed by atoms with van der Waals surface area (Å²) in [5.74, 6) is 0. The molecule has 1 saturated heterocycles. The van der Waals surface area contributed by atoms with E-state index in [1.807, 2.05) is 34.9 Å². The van der Waals surface area contributed by atoms with E-state index in [4.69, 9.17) is 19.4 Å². The molecule has 0 aromatic heterocycles. The fourth-order valence-electron chi connectivity index (χ4n) is 6.45. The average Bonchev–Trinajstić information content (AvgIpc) is 3.34. The number of halogens is 2. The Morgan fingerprint density at radius 1 is 0.732 bits per heavy atom. The summed E-state index contributed by atoms with van der Waals surface area (Å²) in [4.78, 5) is 5.09. The van der Waals surface area contributed by atoms with Gasteiger partial charge in [0.2, 0.25) is 0 Å². The summed E-state index contributed by atoms with van der Waals surface area (Å²) in [6.45, 7) is 9.08. The van der Waals surface area contributed by atoms with Gasteiger partial charge in [-0.1, -0.05) is 68.0 Å². The Morgan fingerprint density at radius 3 is 1.76 bits per heavy atom. The van der Waals surface area contributed by atoms with Gasteiger partial charge < -0.3 is 9.80 Å². The van der Waals surface area contributed by atoms with Crippen molar-refractivity contribution in [1.82, 2.24) is 0 Å². The van der Waals surface area contributed by atoms with E-state index in [0.717, 1.165) is 11.2 Å². The third-order valence-corrected chi connectivity index (χ3v) is 10.8. The number of nitrogens with zero attached hydrogens (tertiary/aromatic N) is 2. The predicted octanol–water partition coefficient (Wildman–Crippen LogP) is 10.3. The van der Waals surface area contributed by atoms with Crippen LogP contribution in [0.3, 0.4) is 0 Å². The van der Waals surface area contributed by atoms with Crippen LogP contribution in [0, 0.1) is 27.4 Å². The van der Waals surface area contributed by atoms with Crippen LogP contribution in [0.1, 0.15) is 80.0 Å². The third kappa shape index (κ3) is 9.63. The van der Waals surface area contributed by atoms with Gasteiger partial charge in [-0.2, -0.15) is 6.67 Å². The van der Waals surface area contributed by atoms with Crippen LogP contribution in [0.4, 0.5) is 11.4 Å². The van der Waals surface area contributed by atoms with Crippen molar-refractivity contribution in [2.24, 2.45) is 0 Å². The van der Waals surface area contributed by atoms with Gasteiger partial charge in [0.25, 0.3) is 0 Å². The van der Waals surface area contributed by atoms with Crippen LogP contribution in [0.5, 0.6) is 0 Å². The van der Waals surface area contributed by atoms with Gasteiger partial charge in [0.05, 0.1) is 0 Å². The van der Waals surface area contributed by atoms with Crippen LogP contribution in [-0.4, -0.2) is 22.4 Å². The van der Waals surface area contributed by atoms with Gasteiger partial charge in [-0.15, -0.1) is 9.24 Å². The molecule has 0 spiro atoms. The van der Waals surface area contributed by atoms with Crippen molar-refractivity contribution < 1.29 is 13.5 Å². The number of hydrogen-bond acceptors (Lipinski definition) is 2. The average molecular weight is 698 g/mol. The molecule has 6 heteroatoms. The third-order valence-electron chi connectivity index (χ3n) is 8.25. The zero-order valence-electron chi connectivity index (χ0n) is 24.8. The van der Waals surface area contributed by atoms with Crippen LogP contribution in [0.15, 0.2) is 72.8 Å². The monoisotopic (exact) mass is 697 g/mol. The molecule has 224 valence electrons. The summed E-state index contributed by atoms with van der Waals surface area (Å²) in [7, 11) is 14.2. The molecule has 3 fully saturated rings. The topological polar surface area (TPSA) is 6.48 Å². The maximum atomic E-state index is 5.67. The molecular weight excluding hydrogens is 651 g/mol. The number of aryl methyl sites for hydroxylation is 3. The minimum absolute atomic E-state index is 0.596. The van der Waals surface area contributed by atoms with Crippen molar-refractivity contribution in [3.63, 3.8) is 0 Å². The Kier molecular flexibility index (Phi) is 13.2. The zero-order chi connectivity index (χ0) is 29.2. The summed E-state index contributed by atoms with van der Waals surface area (Å²) in [5.41, 5.74) is 8.94. The number of benzene rings is 3. The molecule has 1 heterocycles. The number of anilines is 2. The van der Waals surface area contributed by atoms with E-state index in [1.165, 1.54) is 85.9 Å². The molecule has 6 rings (SSSR count). The maximum absolute atomic E-state index is 5.67. The fourth-order valence-corrected chi connectivity index (χ4v) is 8.75. The molecule has 0 bridgehead atoms. The molecular formula is C35H46Cl2N2PRu-. The molecule has 0 radical (unpaired) electrons. The van der Waals surface area contributed by atoms with E-state index >= 15 is 0 Å². The van der Waals surface area contributed by atoms with Gasteiger partial charge in [0.15, 0.2) is 0 Å². The molecule has 3 unspecified atom stereocenters. The Balaban J connectivity index is 0.000000186. The van der Waals surface area contributed by atoms with Crippen LogP contribution in [0.25, 0.3) is 0 Å². The minimum atomic E-state index is -1.61. The second kappa shape index (κ2) is 16.6. The number of hydrogen-bond donors (Lipinski definition) is 0. The molecule has 2 nitrogen and oxygen atoms in total. The predicted molar refractivity (Wildman–Crippen MR) is 182 cm³/mol. The van der Waals surface area contributed by atoms with E-state index in [-0.39, 0.29) is 0 Å². The second-order valence-electron chi connectivity index (χ2n) is 11.5. The fraction of sp³-hybridized carbons (Fsp3) is 0.429. The van der Waals surface area contributed by atoms with Gasteiger partial charge in [0.1, 0.15) is 0 Å². The molecule has 0 N–H and O–H groups in total. The van der Waals surface area contributed by atoms with Crippen molar-refractivity contribution in [3.05, 3.63) is 102 Å². The van der Waals surface area contributed by atoms with Crippen molar-refractivity contribution in [2.75, 3.05) is 9.80 Å². The molecule has 3 aromatic rings. The molecule has 3 aromatic carbocycles.